The van der Waals surface area contributed by atoms with Gasteiger partial charge in [0.25, 0.3) is 0 Å². The van der Waals surface area contributed by atoms with Crippen LogP contribution in [0, 0.1) is 0 Å². The van der Waals surface area contributed by atoms with E-state index in [-0.39, 0.29) is 0 Å². The molecule has 5 nitrogen and oxygen atoms in total. The van der Waals surface area contributed by atoms with E-state index in [0.717, 1.165) is 34.7 Å². The van der Waals surface area contributed by atoms with E-state index in [9.17, 15) is 4.79 Å². The third-order valence-corrected chi connectivity index (χ3v) is 5.91. The van der Waals surface area contributed by atoms with E-state index in [0.29, 0.717) is 0 Å². The van der Waals surface area contributed by atoms with Gasteiger partial charge in [0, 0.05) is 8.07 Å². The van der Waals surface area contributed by atoms with Crippen molar-refractivity contribution in [2.45, 2.75) is 31.2 Å². The molecule has 3 rings (SSSR count). The first-order chi connectivity index (χ1) is 11.9. The van der Waals surface area contributed by atoms with Crippen molar-refractivity contribution < 1.29 is 9.53 Å². The van der Waals surface area contributed by atoms with Crippen LogP contribution in [0.5, 0.6) is 5.75 Å². The Hall–Kier alpha value is -2.47. The molecule has 25 heavy (non-hydrogen) atoms. The maximum absolute atomic E-state index is 12.5. The summed E-state index contributed by atoms with van der Waals surface area (Å²) in [5, 5.41) is 8.63. The van der Waals surface area contributed by atoms with Crippen LogP contribution in [-0.4, -0.2) is 36.5 Å². The number of para-hydroxylation sites is 1. The Bertz CT molecular complexity index is 884. The predicted octanol–water partition coefficient (Wildman–Crippen LogP) is 3.72. The molecule has 0 aliphatic rings. The van der Waals surface area contributed by atoms with Crippen molar-refractivity contribution in [3.8, 4) is 5.75 Å². The van der Waals surface area contributed by atoms with Crippen molar-refractivity contribution in [2.75, 3.05) is 7.11 Å². The second-order valence-electron chi connectivity index (χ2n) is 7.50. The van der Waals surface area contributed by atoms with Gasteiger partial charge in [-0.05, 0) is 35.9 Å². The maximum Gasteiger partial charge on any atom is 0.151 e. The lowest BCUT2D eigenvalue weighted by molar-refractivity contribution is -0.113. The van der Waals surface area contributed by atoms with E-state index >= 15 is 0 Å². The summed E-state index contributed by atoms with van der Waals surface area (Å²) in [5.74, 6) is 0.764. The Labute approximate surface area is 148 Å². The molecule has 2 aromatic carbocycles. The summed E-state index contributed by atoms with van der Waals surface area (Å²) in [6, 6.07) is 16.2. The van der Waals surface area contributed by atoms with Gasteiger partial charge in [0.1, 0.15) is 16.8 Å². The van der Waals surface area contributed by atoms with Crippen molar-refractivity contribution in [1.29, 1.82) is 0 Å². The van der Waals surface area contributed by atoms with E-state index in [4.69, 9.17) is 4.74 Å². The predicted molar refractivity (Wildman–Crippen MR) is 102 cm³/mol. The molecule has 0 radical (unpaired) electrons. The Kier molecular flexibility index (Phi) is 4.47. The largest absolute Gasteiger partial charge is 0.497 e. The average molecular weight is 353 g/mol. The zero-order chi connectivity index (χ0) is 18.1. The lowest BCUT2D eigenvalue weighted by atomic mass is 9.93. The highest BCUT2D eigenvalue weighted by Gasteiger charge is 2.41. The monoisotopic (exact) mass is 353 g/mol. The van der Waals surface area contributed by atoms with Crippen LogP contribution in [-0.2, 0) is 10.3 Å². The molecular formula is C19H23N3O2Si. The maximum atomic E-state index is 12.5. The number of carbonyl (C=O) groups is 1. The number of nitrogens with zero attached hydrogens (tertiary/aromatic N) is 3. The van der Waals surface area contributed by atoms with Crippen molar-refractivity contribution in [3.05, 3.63) is 54.1 Å². The molecule has 0 spiro atoms. The van der Waals surface area contributed by atoms with Crippen LogP contribution < -0.4 is 4.74 Å². The first-order valence-electron chi connectivity index (χ1n) is 8.31. The molecule has 0 aliphatic heterocycles. The molecule has 1 atom stereocenters. The molecule has 0 N–H and O–H groups in total. The molecular weight excluding hydrogens is 330 g/mol. The Morgan fingerprint density at radius 1 is 1.12 bits per heavy atom. The number of carbonyl (C=O) groups excluding carboxylic acids is 1. The van der Waals surface area contributed by atoms with Gasteiger partial charge in [0.15, 0.2) is 6.29 Å². The van der Waals surface area contributed by atoms with E-state index in [1.165, 1.54) is 0 Å². The molecule has 1 heterocycles. The zero-order valence-electron chi connectivity index (χ0n) is 15.1. The van der Waals surface area contributed by atoms with E-state index < -0.39 is 13.6 Å². The number of fused-ring (bicyclic) bond motifs is 1. The zero-order valence-corrected chi connectivity index (χ0v) is 16.1. The minimum absolute atomic E-state index is 0.739. The van der Waals surface area contributed by atoms with Crippen LogP contribution in [0.25, 0.3) is 11.0 Å². The number of aromatic nitrogens is 3. The van der Waals surface area contributed by atoms with Crippen molar-refractivity contribution in [1.82, 2.24) is 15.0 Å². The van der Waals surface area contributed by atoms with Crippen molar-refractivity contribution in [3.63, 3.8) is 0 Å². The fraction of sp³-hybridized carbons (Fsp3) is 0.316. The first-order valence-corrected chi connectivity index (χ1v) is 12.0. The van der Waals surface area contributed by atoms with Gasteiger partial charge in [0.2, 0.25) is 0 Å². The SMILES string of the molecule is COc1ccc(C(C=O)(C[Si](C)(C)C)n2nnc3ccccc32)cc1. The molecule has 130 valence electrons. The van der Waals surface area contributed by atoms with E-state index in [1.807, 2.05) is 48.5 Å². The number of aldehydes is 1. The Morgan fingerprint density at radius 3 is 2.40 bits per heavy atom. The fourth-order valence-corrected chi connectivity index (χ4v) is 5.36. The molecule has 1 aromatic heterocycles. The lowest BCUT2D eigenvalue weighted by Crippen LogP contribution is -2.44. The highest BCUT2D eigenvalue weighted by Crippen LogP contribution is 2.36. The molecule has 1 unspecified atom stereocenters. The smallest absolute Gasteiger partial charge is 0.151 e. The van der Waals surface area contributed by atoms with Crippen LogP contribution >= 0.6 is 0 Å². The number of hydrogen-bond donors (Lipinski definition) is 0. The molecule has 0 amide bonds. The third kappa shape index (κ3) is 3.22. The quantitative estimate of drug-likeness (QED) is 0.500. The van der Waals surface area contributed by atoms with Crippen LogP contribution in [0.4, 0.5) is 0 Å². The highest BCUT2D eigenvalue weighted by molar-refractivity contribution is 6.76. The topological polar surface area (TPSA) is 57.0 Å². The van der Waals surface area contributed by atoms with Crippen LogP contribution in [0.15, 0.2) is 48.5 Å². The number of rotatable bonds is 6. The van der Waals surface area contributed by atoms with Gasteiger partial charge in [0.05, 0.1) is 12.6 Å². The van der Waals surface area contributed by atoms with Gasteiger partial charge in [-0.15, -0.1) is 5.10 Å². The molecule has 0 aliphatic carbocycles. The van der Waals surface area contributed by atoms with Crippen molar-refractivity contribution >= 4 is 25.4 Å². The lowest BCUT2D eigenvalue weighted by Gasteiger charge is -2.34. The number of benzene rings is 2. The summed E-state index contributed by atoms with van der Waals surface area (Å²) in [6.45, 7) is 6.77. The van der Waals surface area contributed by atoms with Crippen molar-refractivity contribution in [2.24, 2.45) is 0 Å². The summed E-state index contributed by atoms with van der Waals surface area (Å²) in [6.07, 6.45) is 1.02. The summed E-state index contributed by atoms with van der Waals surface area (Å²) in [7, 11) is 0.0210. The van der Waals surface area contributed by atoms with Crippen LogP contribution in [0.2, 0.25) is 25.7 Å². The summed E-state index contributed by atoms with van der Waals surface area (Å²) in [5.41, 5.74) is 1.69. The van der Waals surface area contributed by atoms with E-state index in [2.05, 4.69) is 30.0 Å². The molecule has 3 aromatic rings. The Balaban J connectivity index is 2.25. The minimum Gasteiger partial charge on any atom is -0.497 e. The highest BCUT2D eigenvalue weighted by atomic mass is 28.3. The summed E-state index contributed by atoms with van der Waals surface area (Å²) >= 11 is 0. The number of ether oxygens (including phenoxy) is 1. The second-order valence-corrected chi connectivity index (χ2v) is 13.0. The first kappa shape index (κ1) is 17.4. The molecule has 0 fully saturated rings. The van der Waals surface area contributed by atoms with Gasteiger partial charge < -0.3 is 9.53 Å². The summed E-state index contributed by atoms with van der Waals surface area (Å²) < 4.78 is 7.05. The fourth-order valence-electron chi connectivity index (χ4n) is 3.31. The molecule has 0 bridgehead atoms. The van der Waals surface area contributed by atoms with Gasteiger partial charge in [-0.25, -0.2) is 4.68 Å². The minimum atomic E-state index is -1.61. The van der Waals surface area contributed by atoms with Crippen LogP contribution in [0.3, 0.4) is 0 Å². The molecule has 0 saturated heterocycles. The Morgan fingerprint density at radius 2 is 1.80 bits per heavy atom. The third-order valence-electron chi connectivity index (χ3n) is 4.31. The number of hydrogen-bond acceptors (Lipinski definition) is 4. The standard InChI is InChI=1S/C19H23N3O2Si/c1-24-16-11-9-15(10-12-16)19(13-23,14-25(2,3)4)22-18-8-6-5-7-17(18)20-21-22/h5-13H,14H2,1-4H3. The van der Waals surface area contributed by atoms with E-state index in [1.54, 1.807) is 11.8 Å². The van der Waals surface area contributed by atoms with Crippen LogP contribution in [0.1, 0.15) is 5.56 Å². The molecule has 0 saturated carbocycles. The molecule has 6 heteroatoms. The average Bonchev–Trinajstić information content (AvgIpc) is 3.03. The second kappa shape index (κ2) is 6.44. The van der Waals surface area contributed by atoms with Gasteiger partial charge in [-0.3, -0.25) is 0 Å². The van der Waals surface area contributed by atoms with Gasteiger partial charge in [-0.2, -0.15) is 0 Å². The normalized spacial score (nSPS) is 14.2. The van der Waals surface area contributed by atoms with Gasteiger partial charge in [-0.1, -0.05) is 49.1 Å². The number of methoxy groups -OCH3 is 1. The van der Waals surface area contributed by atoms with Gasteiger partial charge >= 0.3 is 0 Å². The summed E-state index contributed by atoms with van der Waals surface area (Å²) in [4.78, 5) is 12.5.